The first kappa shape index (κ1) is 16.2. The van der Waals surface area contributed by atoms with E-state index in [0.717, 1.165) is 5.69 Å². The summed E-state index contributed by atoms with van der Waals surface area (Å²) in [6.45, 7) is 8.06. The maximum absolute atomic E-state index is 6.00. The number of pyridine rings is 1. The van der Waals surface area contributed by atoms with Gasteiger partial charge in [-0.25, -0.2) is 0 Å². The topological polar surface area (TPSA) is 69.7 Å². The Morgan fingerprint density at radius 2 is 1.91 bits per heavy atom. The van der Waals surface area contributed by atoms with E-state index in [9.17, 15) is 0 Å². The third kappa shape index (κ3) is 3.33. The van der Waals surface area contributed by atoms with Gasteiger partial charge in [0.05, 0.1) is 23.1 Å². The Balaban J connectivity index is 1.74. The highest BCUT2D eigenvalue weighted by Crippen LogP contribution is 2.41. The van der Waals surface area contributed by atoms with E-state index in [2.05, 4.69) is 16.0 Å². The second-order valence-corrected chi connectivity index (χ2v) is 7.26. The molecule has 2 heterocycles. The van der Waals surface area contributed by atoms with Crippen LogP contribution in [0.4, 0.5) is 5.69 Å². The van der Waals surface area contributed by atoms with Crippen LogP contribution in [0, 0.1) is 0 Å². The molecule has 0 atom stereocenters. The van der Waals surface area contributed by atoms with Crippen molar-refractivity contribution in [3.63, 3.8) is 0 Å². The molecule has 0 unspecified atom stereocenters. The van der Waals surface area contributed by atoms with Gasteiger partial charge in [0.25, 0.3) is 0 Å². The predicted octanol–water partition coefficient (Wildman–Crippen LogP) is 3.14. The van der Waals surface area contributed by atoms with Crippen LogP contribution in [0.2, 0.25) is 0 Å². The van der Waals surface area contributed by atoms with E-state index in [0.29, 0.717) is 11.4 Å². The summed E-state index contributed by atoms with van der Waals surface area (Å²) in [4.78, 5) is 8.76. The lowest BCUT2D eigenvalue weighted by Crippen LogP contribution is -2.41. The molecule has 0 spiro atoms. The summed E-state index contributed by atoms with van der Waals surface area (Å²) >= 11 is 0. The lowest BCUT2D eigenvalue weighted by molar-refractivity contribution is 0.00578. The summed E-state index contributed by atoms with van der Waals surface area (Å²) in [6.07, 6.45) is 9.36. The lowest BCUT2D eigenvalue weighted by atomic mass is 9.79. The quantitative estimate of drug-likeness (QED) is 0.685. The molecule has 2 aliphatic rings. The first-order valence-electron chi connectivity index (χ1n) is 8.09. The van der Waals surface area contributed by atoms with Crippen LogP contribution in [0.15, 0.2) is 35.1 Å². The van der Waals surface area contributed by atoms with Crippen LogP contribution in [0.1, 0.15) is 52.0 Å². The zero-order chi connectivity index (χ0) is 16.7. The monoisotopic (exact) mass is 313 g/mol. The Bertz CT molecular complexity index is 635. The van der Waals surface area contributed by atoms with E-state index in [1.807, 2.05) is 33.9 Å². The van der Waals surface area contributed by atoms with Gasteiger partial charge in [-0.1, -0.05) is 0 Å². The minimum atomic E-state index is -0.506. The van der Waals surface area contributed by atoms with Crippen molar-refractivity contribution >= 4 is 19.0 Å². The number of aliphatic imine (C=N–C) groups is 1. The highest BCUT2D eigenvalue weighted by Gasteiger charge is 2.52. The van der Waals surface area contributed by atoms with Gasteiger partial charge in [-0.15, -0.1) is 0 Å². The van der Waals surface area contributed by atoms with E-state index < -0.39 is 18.3 Å². The van der Waals surface area contributed by atoms with Gasteiger partial charge < -0.3 is 15.0 Å². The molecular formula is C17H24BN3O2. The summed E-state index contributed by atoms with van der Waals surface area (Å²) in [5.74, 6) is 0.658. The van der Waals surface area contributed by atoms with Gasteiger partial charge in [0.2, 0.25) is 0 Å². The molecule has 5 nitrogen and oxygen atoms in total. The highest BCUT2D eigenvalue weighted by molar-refractivity contribution is 6.60. The zero-order valence-corrected chi connectivity index (χ0v) is 14.2. The van der Waals surface area contributed by atoms with Crippen LogP contribution in [-0.4, -0.2) is 29.5 Å². The standard InChI is InChI=1S/C17H24BN3O2/c1-16(2)17(3,4)23-18(22-16)14(8-19)10-21-15-7-13(9-20-11-15)12-5-6-12/h7-12H,5-6,19H2,1-4H3. The first-order valence-corrected chi connectivity index (χ1v) is 8.09. The molecule has 1 aliphatic carbocycles. The molecule has 0 amide bonds. The number of aromatic nitrogens is 1. The van der Waals surface area contributed by atoms with Crippen LogP contribution in [0.25, 0.3) is 0 Å². The molecule has 1 aromatic rings. The minimum Gasteiger partial charge on any atom is -0.405 e. The van der Waals surface area contributed by atoms with E-state index in [4.69, 9.17) is 15.0 Å². The van der Waals surface area contributed by atoms with Crippen molar-refractivity contribution in [3.05, 3.63) is 35.7 Å². The van der Waals surface area contributed by atoms with Crippen molar-refractivity contribution in [2.75, 3.05) is 0 Å². The summed E-state index contributed by atoms with van der Waals surface area (Å²) < 4.78 is 12.0. The van der Waals surface area contributed by atoms with Crippen LogP contribution in [0.5, 0.6) is 0 Å². The number of rotatable bonds is 4. The van der Waals surface area contributed by atoms with Crippen molar-refractivity contribution in [3.8, 4) is 0 Å². The Labute approximate surface area is 138 Å². The SMILES string of the molecule is CC1(C)OB(C(C=Nc2cncc(C3CC3)c2)=CN)OC1(C)C. The average Bonchev–Trinajstić information content (AvgIpc) is 3.28. The van der Waals surface area contributed by atoms with Gasteiger partial charge in [0, 0.05) is 17.9 Å². The molecule has 2 N–H and O–H groups in total. The van der Waals surface area contributed by atoms with Crippen molar-refractivity contribution < 1.29 is 9.31 Å². The fraction of sp³-hybridized carbons (Fsp3) is 0.529. The van der Waals surface area contributed by atoms with E-state index in [1.54, 1.807) is 12.4 Å². The summed E-state index contributed by atoms with van der Waals surface area (Å²) in [7, 11) is -0.506. The number of hydrogen-bond donors (Lipinski definition) is 1. The van der Waals surface area contributed by atoms with Crippen molar-refractivity contribution in [1.82, 2.24) is 4.98 Å². The molecule has 2 fully saturated rings. The molecule has 3 rings (SSSR count). The molecule has 1 saturated heterocycles. The maximum Gasteiger partial charge on any atom is 0.497 e. The zero-order valence-electron chi connectivity index (χ0n) is 14.2. The maximum atomic E-state index is 6.00. The smallest absolute Gasteiger partial charge is 0.405 e. The van der Waals surface area contributed by atoms with Crippen molar-refractivity contribution in [2.24, 2.45) is 10.7 Å². The normalized spacial score (nSPS) is 23.7. The molecular weight excluding hydrogens is 289 g/mol. The molecule has 1 aromatic heterocycles. The fourth-order valence-electron chi connectivity index (χ4n) is 2.47. The molecule has 0 aromatic carbocycles. The highest BCUT2D eigenvalue weighted by atomic mass is 16.7. The van der Waals surface area contributed by atoms with Crippen LogP contribution in [0.3, 0.4) is 0 Å². The Kier molecular flexibility index (Phi) is 4.06. The Hall–Kier alpha value is -1.66. The van der Waals surface area contributed by atoms with Crippen LogP contribution < -0.4 is 5.73 Å². The van der Waals surface area contributed by atoms with Crippen LogP contribution >= 0.6 is 0 Å². The summed E-state index contributed by atoms with van der Waals surface area (Å²) in [5.41, 5.74) is 7.75. The number of allylic oxidation sites excluding steroid dienone is 1. The van der Waals surface area contributed by atoms with Gasteiger partial charge in [-0.2, -0.15) is 0 Å². The second kappa shape index (κ2) is 5.76. The van der Waals surface area contributed by atoms with E-state index in [1.165, 1.54) is 24.6 Å². The number of nitrogens with two attached hydrogens (primary N) is 1. The van der Waals surface area contributed by atoms with Gasteiger partial charge in [0.1, 0.15) is 0 Å². The van der Waals surface area contributed by atoms with Gasteiger partial charge in [-0.05, 0) is 64.3 Å². The lowest BCUT2D eigenvalue weighted by Gasteiger charge is -2.32. The van der Waals surface area contributed by atoms with Gasteiger partial charge in [-0.3, -0.25) is 9.98 Å². The van der Waals surface area contributed by atoms with Gasteiger partial charge in [0.15, 0.2) is 0 Å². The Morgan fingerprint density at radius 1 is 1.26 bits per heavy atom. The largest absolute Gasteiger partial charge is 0.497 e. The Morgan fingerprint density at radius 3 is 2.48 bits per heavy atom. The van der Waals surface area contributed by atoms with E-state index >= 15 is 0 Å². The predicted molar refractivity (Wildman–Crippen MR) is 92.7 cm³/mol. The molecule has 0 bridgehead atoms. The molecule has 1 aliphatic heterocycles. The van der Waals surface area contributed by atoms with E-state index in [-0.39, 0.29) is 0 Å². The number of hydrogen-bond acceptors (Lipinski definition) is 5. The van der Waals surface area contributed by atoms with Gasteiger partial charge >= 0.3 is 7.12 Å². The molecule has 23 heavy (non-hydrogen) atoms. The minimum absolute atomic E-state index is 0.396. The van der Waals surface area contributed by atoms with Crippen LogP contribution in [-0.2, 0) is 9.31 Å². The third-order valence-corrected chi connectivity index (χ3v) is 4.87. The number of nitrogens with zero attached hydrogens (tertiary/aromatic N) is 2. The molecule has 122 valence electrons. The molecule has 6 heteroatoms. The van der Waals surface area contributed by atoms with Crippen molar-refractivity contribution in [2.45, 2.75) is 57.7 Å². The summed E-state index contributed by atoms with van der Waals surface area (Å²) in [5, 5.41) is 0. The van der Waals surface area contributed by atoms with Crippen molar-refractivity contribution in [1.29, 1.82) is 0 Å². The third-order valence-electron chi connectivity index (χ3n) is 4.87. The summed E-state index contributed by atoms with van der Waals surface area (Å²) in [6, 6.07) is 2.08. The second-order valence-electron chi connectivity index (χ2n) is 7.26. The molecule has 0 radical (unpaired) electrons. The molecule has 1 saturated carbocycles. The fourth-order valence-corrected chi connectivity index (χ4v) is 2.47. The average molecular weight is 313 g/mol. The first-order chi connectivity index (χ1) is 10.8.